The Bertz CT molecular complexity index is 689. The van der Waals surface area contributed by atoms with Crippen LogP contribution < -0.4 is 5.32 Å². The predicted octanol–water partition coefficient (Wildman–Crippen LogP) is 2.79. The Morgan fingerprint density at radius 2 is 2.05 bits per heavy atom. The number of hydrogen-bond acceptors (Lipinski definition) is 5. The summed E-state index contributed by atoms with van der Waals surface area (Å²) in [5.41, 5.74) is 0.864. The molecule has 0 aliphatic carbocycles. The SMILES string of the molecule is CC(C)(C)c1csc(NC(=O)c2ccnc(C(=O)O)c2)n1. The first-order valence-electron chi connectivity index (χ1n) is 6.24. The van der Waals surface area contributed by atoms with Crippen LogP contribution in [-0.4, -0.2) is 27.0 Å². The number of nitrogens with zero attached hydrogens (tertiary/aromatic N) is 2. The summed E-state index contributed by atoms with van der Waals surface area (Å²) in [6, 6.07) is 2.69. The fraction of sp³-hybridized carbons (Fsp3) is 0.286. The Balaban J connectivity index is 2.16. The standard InChI is InChI=1S/C14H15N3O3S/c1-14(2,3)10-7-21-13(16-10)17-11(18)8-4-5-15-9(6-8)12(19)20/h4-7H,1-3H3,(H,19,20)(H,16,17,18). The van der Waals surface area contributed by atoms with Gasteiger partial charge in [0.25, 0.3) is 5.91 Å². The van der Waals surface area contributed by atoms with Gasteiger partial charge in [-0.05, 0) is 12.1 Å². The maximum atomic E-state index is 12.1. The van der Waals surface area contributed by atoms with E-state index in [1.807, 2.05) is 26.2 Å². The molecule has 0 spiro atoms. The number of pyridine rings is 1. The van der Waals surface area contributed by atoms with Gasteiger partial charge < -0.3 is 5.11 Å². The van der Waals surface area contributed by atoms with E-state index >= 15 is 0 Å². The fourth-order valence-electron chi connectivity index (χ4n) is 1.53. The van der Waals surface area contributed by atoms with Crippen molar-refractivity contribution in [3.05, 3.63) is 40.7 Å². The Morgan fingerprint density at radius 3 is 2.62 bits per heavy atom. The van der Waals surface area contributed by atoms with Crippen molar-refractivity contribution >= 4 is 28.3 Å². The molecule has 7 heteroatoms. The van der Waals surface area contributed by atoms with Crippen molar-refractivity contribution in [1.29, 1.82) is 0 Å². The lowest BCUT2D eigenvalue weighted by Gasteiger charge is -2.14. The zero-order chi connectivity index (χ0) is 15.6. The molecule has 0 fully saturated rings. The van der Waals surface area contributed by atoms with Crippen molar-refractivity contribution in [2.24, 2.45) is 0 Å². The van der Waals surface area contributed by atoms with E-state index in [1.54, 1.807) is 0 Å². The highest BCUT2D eigenvalue weighted by Gasteiger charge is 2.18. The first-order chi connectivity index (χ1) is 9.77. The third-order valence-corrected chi connectivity index (χ3v) is 3.49. The number of amides is 1. The summed E-state index contributed by atoms with van der Waals surface area (Å²) >= 11 is 1.33. The van der Waals surface area contributed by atoms with Crippen molar-refractivity contribution in [3.8, 4) is 0 Å². The van der Waals surface area contributed by atoms with Gasteiger partial charge in [-0.2, -0.15) is 0 Å². The molecule has 0 saturated heterocycles. The smallest absolute Gasteiger partial charge is 0.354 e. The molecule has 21 heavy (non-hydrogen) atoms. The van der Waals surface area contributed by atoms with Gasteiger partial charge >= 0.3 is 5.97 Å². The summed E-state index contributed by atoms with van der Waals surface area (Å²) in [6.07, 6.45) is 1.29. The maximum Gasteiger partial charge on any atom is 0.354 e. The number of rotatable bonds is 3. The Kier molecular flexibility index (Phi) is 4.04. The average molecular weight is 305 g/mol. The number of thiazole rings is 1. The number of nitrogens with one attached hydrogen (secondary N) is 1. The second-order valence-corrected chi connectivity index (χ2v) is 6.34. The number of carboxylic acids is 1. The van der Waals surface area contributed by atoms with E-state index < -0.39 is 11.9 Å². The molecule has 0 bridgehead atoms. The first-order valence-corrected chi connectivity index (χ1v) is 7.12. The summed E-state index contributed by atoms with van der Waals surface area (Å²) in [5.74, 6) is -1.58. The fourth-order valence-corrected chi connectivity index (χ4v) is 2.47. The molecule has 0 atom stereocenters. The molecule has 2 heterocycles. The molecule has 110 valence electrons. The van der Waals surface area contributed by atoms with Crippen LogP contribution in [0.5, 0.6) is 0 Å². The summed E-state index contributed by atoms with van der Waals surface area (Å²) in [6.45, 7) is 6.11. The molecule has 0 saturated carbocycles. The van der Waals surface area contributed by atoms with E-state index in [-0.39, 0.29) is 16.7 Å². The number of carbonyl (C=O) groups is 2. The van der Waals surface area contributed by atoms with Crippen LogP contribution in [0, 0.1) is 0 Å². The van der Waals surface area contributed by atoms with Crippen LogP contribution in [0.2, 0.25) is 0 Å². The van der Waals surface area contributed by atoms with Crippen molar-refractivity contribution < 1.29 is 14.7 Å². The van der Waals surface area contributed by atoms with Gasteiger partial charge in [-0.25, -0.2) is 14.8 Å². The third kappa shape index (κ3) is 3.63. The largest absolute Gasteiger partial charge is 0.477 e. The summed E-state index contributed by atoms with van der Waals surface area (Å²) < 4.78 is 0. The molecule has 2 aromatic heterocycles. The van der Waals surface area contributed by atoms with Gasteiger partial charge in [-0.1, -0.05) is 20.8 Å². The van der Waals surface area contributed by atoms with Crippen molar-refractivity contribution in [3.63, 3.8) is 0 Å². The molecule has 0 radical (unpaired) electrons. The third-order valence-electron chi connectivity index (χ3n) is 2.73. The summed E-state index contributed by atoms with van der Waals surface area (Å²) in [7, 11) is 0. The highest BCUT2D eigenvalue weighted by atomic mass is 32.1. The quantitative estimate of drug-likeness (QED) is 0.909. The maximum absolute atomic E-state index is 12.1. The van der Waals surface area contributed by atoms with E-state index in [1.165, 1.54) is 29.7 Å². The normalized spacial score (nSPS) is 11.2. The van der Waals surface area contributed by atoms with Crippen molar-refractivity contribution in [2.45, 2.75) is 26.2 Å². The Labute approximate surface area is 125 Å². The van der Waals surface area contributed by atoms with Gasteiger partial charge in [0.15, 0.2) is 5.13 Å². The molecule has 2 rings (SSSR count). The summed E-state index contributed by atoms with van der Waals surface area (Å²) in [4.78, 5) is 31.0. The number of aromatic nitrogens is 2. The van der Waals surface area contributed by atoms with Crippen LogP contribution in [0.3, 0.4) is 0 Å². The van der Waals surface area contributed by atoms with Gasteiger partial charge in [-0.3, -0.25) is 10.1 Å². The lowest BCUT2D eigenvalue weighted by Crippen LogP contribution is -2.15. The van der Waals surface area contributed by atoms with Gasteiger partial charge in [0, 0.05) is 22.6 Å². The van der Waals surface area contributed by atoms with Crippen molar-refractivity contribution in [1.82, 2.24) is 9.97 Å². The van der Waals surface area contributed by atoms with Gasteiger partial charge in [0.1, 0.15) is 5.69 Å². The molecule has 1 amide bonds. The van der Waals surface area contributed by atoms with E-state index in [0.717, 1.165) is 5.69 Å². The van der Waals surface area contributed by atoms with Crippen LogP contribution >= 0.6 is 11.3 Å². The van der Waals surface area contributed by atoms with Crippen molar-refractivity contribution in [2.75, 3.05) is 5.32 Å². The van der Waals surface area contributed by atoms with E-state index in [4.69, 9.17) is 5.11 Å². The highest BCUT2D eigenvalue weighted by molar-refractivity contribution is 7.14. The predicted molar refractivity (Wildman–Crippen MR) is 80.0 cm³/mol. The van der Waals surface area contributed by atoms with E-state index in [9.17, 15) is 9.59 Å². The number of carboxylic acid groups (broad SMARTS) is 1. The zero-order valence-corrected chi connectivity index (χ0v) is 12.7. The molecule has 0 aromatic carbocycles. The lowest BCUT2D eigenvalue weighted by molar-refractivity contribution is 0.0690. The van der Waals surface area contributed by atoms with E-state index in [0.29, 0.717) is 5.13 Å². The number of carbonyl (C=O) groups excluding carboxylic acids is 1. The van der Waals surface area contributed by atoms with Crippen LogP contribution in [0.4, 0.5) is 5.13 Å². The lowest BCUT2D eigenvalue weighted by atomic mass is 9.93. The minimum absolute atomic E-state index is 0.0907. The topological polar surface area (TPSA) is 92.2 Å². The Hall–Kier alpha value is -2.28. The van der Waals surface area contributed by atoms with Gasteiger partial charge in [-0.15, -0.1) is 11.3 Å². The molecule has 6 nitrogen and oxygen atoms in total. The van der Waals surface area contributed by atoms with Crippen LogP contribution in [0.25, 0.3) is 0 Å². The number of hydrogen-bond donors (Lipinski definition) is 2. The number of aromatic carboxylic acids is 1. The van der Waals surface area contributed by atoms with E-state index in [2.05, 4.69) is 15.3 Å². The second-order valence-electron chi connectivity index (χ2n) is 5.48. The monoisotopic (exact) mass is 305 g/mol. The van der Waals surface area contributed by atoms with Gasteiger partial charge in [0.2, 0.25) is 0 Å². The number of anilines is 1. The molecular weight excluding hydrogens is 290 g/mol. The zero-order valence-electron chi connectivity index (χ0n) is 11.9. The first kappa shape index (κ1) is 15.1. The minimum Gasteiger partial charge on any atom is -0.477 e. The molecule has 0 unspecified atom stereocenters. The molecule has 2 N–H and O–H groups in total. The van der Waals surface area contributed by atoms with Crippen LogP contribution in [-0.2, 0) is 5.41 Å². The van der Waals surface area contributed by atoms with Crippen LogP contribution in [0.15, 0.2) is 23.7 Å². The van der Waals surface area contributed by atoms with Gasteiger partial charge in [0.05, 0.1) is 5.69 Å². The molecule has 0 aliphatic heterocycles. The molecule has 2 aromatic rings. The minimum atomic E-state index is -1.17. The van der Waals surface area contributed by atoms with Crippen LogP contribution in [0.1, 0.15) is 47.3 Å². The average Bonchev–Trinajstić information content (AvgIpc) is 2.87. The summed E-state index contributed by atoms with van der Waals surface area (Å²) in [5, 5.41) is 13.9. The Morgan fingerprint density at radius 1 is 1.33 bits per heavy atom. The molecule has 0 aliphatic rings. The highest BCUT2D eigenvalue weighted by Crippen LogP contribution is 2.26. The second kappa shape index (κ2) is 5.61. The molecular formula is C14H15N3O3S.